The minimum Gasteiger partial charge on any atom is -0.396 e. The molecule has 1 aromatic rings. The van der Waals surface area contributed by atoms with E-state index in [2.05, 4.69) is 0 Å². The molecule has 3 atom stereocenters. The number of nitrogen functional groups attached to an aromatic ring is 1. The van der Waals surface area contributed by atoms with E-state index in [-0.39, 0.29) is 11.5 Å². The van der Waals surface area contributed by atoms with Crippen LogP contribution in [-0.4, -0.2) is 5.75 Å². The van der Waals surface area contributed by atoms with E-state index in [0.717, 1.165) is 28.4 Å². The van der Waals surface area contributed by atoms with Gasteiger partial charge < -0.3 is 5.73 Å². The summed E-state index contributed by atoms with van der Waals surface area (Å²) in [7, 11) is 0. The first kappa shape index (κ1) is 11.4. The van der Waals surface area contributed by atoms with Crippen LogP contribution in [0.5, 0.6) is 0 Å². The summed E-state index contributed by atoms with van der Waals surface area (Å²) in [6.45, 7) is 0. The van der Waals surface area contributed by atoms with Crippen molar-refractivity contribution in [1.29, 1.82) is 0 Å². The average Bonchev–Trinajstić information content (AvgIpc) is 2.92. The second-order valence-electron chi connectivity index (χ2n) is 5.43. The van der Waals surface area contributed by atoms with Crippen LogP contribution in [0.15, 0.2) is 23.1 Å². The first-order valence-electron chi connectivity index (χ1n) is 6.40. The Bertz CT molecular complexity index is 421. The van der Waals surface area contributed by atoms with Crippen molar-refractivity contribution in [2.45, 2.75) is 30.6 Å². The maximum atomic E-state index is 13.3. The van der Waals surface area contributed by atoms with Gasteiger partial charge in [0.1, 0.15) is 5.82 Å². The monoisotopic (exact) mass is 251 g/mol. The van der Waals surface area contributed by atoms with Crippen LogP contribution in [-0.2, 0) is 0 Å². The molecule has 0 spiro atoms. The fourth-order valence-electron chi connectivity index (χ4n) is 3.38. The molecule has 0 aliphatic heterocycles. The van der Waals surface area contributed by atoms with Crippen LogP contribution < -0.4 is 5.73 Å². The van der Waals surface area contributed by atoms with Gasteiger partial charge in [-0.1, -0.05) is 6.42 Å². The Balaban J connectivity index is 1.59. The molecule has 2 aliphatic rings. The number of hydrogen-bond donors (Lipinski definition) is 1. The molecule has 3 heteroatoms. The fraction of sp³-hybridized carbons (Fsp3) is 0.571. The maximum absolute atomic E-state index is 13.3. The first-order chi connectivity index (χ1) is 8.22. The van der Waals surface area contributed by atoms with Gasteiger partial charge in [-0.25, -0.2) is 4.39 Å². The van der Waals surface area contributed by atoms with E-state index in [1.54, 1.807) is 23.9 Å². The predicted molar refractivity (Wildman–Crippen MR) is 70.5 cm³/mol. The van der Waals surface area contributed by atoms with E-state index in [9.17, 15) is 4.39 Å². The second-order valence-corrected chi connectivity index (χ2v) is 6.52. The Morgan fingerprint density at radius 2 is 2.18 bits per heavy atom. The van der Waals surface area contributed by atoms with Gasteiger partial charge in [0.15, 0.2) is 0 Å². The van der Waals surface area contributed by atoms with E-state index in [1.807, 2.05) is 6.07 Å². The number of rotatable bonds is 3. The van der Waals surface area contributed by atoms with Gasteiger partial charge in [-0.3, -0.25) is 0 Å². The zero-order valence-corrected chi connectivity index (χ0v) is 10.7. The third-order valence-electron chi connectivity index (χ3n) is 4.32. The summed E-state index contributed by atoms with van der Waals surface area (Å²) in [6.07, 6.45) is 5.71. The maximum Gasteiger partial charge on any atom is 0.147 e. The Labute approximate surface area is 106 Å². The number of fused-ring (bicyclic) bond motifs is 2. The highest BCUT2D eigenvalue weighted by atomic mass is 32.2. The molecule has 2 fully saturated rings. The lowest BCUT2D eigenvalue weighted by molar-refractivity contribution is 0.365. The number of hydrogen-bond acceptors (Lipinski definition) is 2. The lowest BCUT2D eigenvalue weighted by Gasteiger charge is -2.21. The second kappa shape index (κ2) is 4.52. The molecule has 0 heterocycles. The van der Waals surface area contributed by atoms with Crippen LogP contribution in [0.4, 0.5) is 10.1 Å². The number of nitrogens with two attached hydrogens (primary N) is 1. The third-order valence-corrected chi connectivity index (χ3v) is 5.50. The summed E-state index contributed by atoms with van der Waals surface area (Å²) in [5.41, 5.74) is 5.72. The van der Waals surface area contributed by atoms with Crippen molar-refractivity contribution in [1.82, 2.24) is 0 Å². The third kappa shape index (κ3) is 2.30. The molecular formula is C14H18FNS. The topological polar surface area (TPSA) is 26.0 Å². The van der Waals surface area contributed by atoms with Gasteiger partial charge in [-0.05, 0) is 55.2 Å². The van der Waals surface area contributed by atoms with Gasteiger partial charge in [0.25, 0.3) is 0 Å². The van der Waals surface area contributed by atoms with Crippen molar-refractivity contribution in [3.63, 3.8) is 0 Å². The van der Waals surface area contributed by atoms with Gasteiger partial charge in [-0.2, -0.15) is 0 Å². The molecule has 17 heavy (non-hydrogen) atoms. The molecule has 92 valence electrons. The van der Waals surface area contributed by atoms with Gasteiger partial charge in [0.2, 0.25) is 0 Å². The highest BCUT2D eigenvalue weighted by Crippen LogP contribution is 2.49. The summed E-state index contributed by atoms with van der Waals surface area (Å²) in [4.78, 5) is 1.01. The molecular weight excluding hydrogens is 233 g/mol. The molecule has 0 saturated heterocycles. The van der Waals surface area contributed by atoms with Gasteiger partial charge in [0.05, 0.1) is 5.69 Å². The summed E-state index contributed by atoms with van der Waals surface area (Å²) in [5.74, 6) is 3.66. The summed E-state index contributed by atoms with van der Waals surface area (Å²) < 4.78 is 13.3. The fourth-order valence-corrected chi connectivity index (χ4v) is 4.55. The van der Waals surface area contributed by atoms with Gasteiger partial charge in [0, 0.05) is 10.6 Å². The first-order valence-corrected chi connectivity index (χ1v) is 7.39. The average molecular weight is 251 g/mol. The van der Waals surface area contributed by atoms with Crippen molar-refractivity contribution in [2.75, 3.05) is 11.5 Å². The Morgan fingerprint density at radius 3 is 2.82 bits per heavy atom. The molecule has 1 nitrogen and oxygen atoms in total. The van der Waals surface area contributed by atoms with Crippen LogP contribution in [0, 0.1) is 23.6 Å². The summed E-state index contributed by atoms with van der Waals surface area (Å²) in [6, 6.07) is 5.15. The van der Waals surface area contributed by atoms with Crippen molar-refractivity contribution in [3.8, 4) is 0 Å². The lowest BCUT2D eigenvalue weighted by atomic mass is 9.90. The number of thioether (sulfide) groups is 1. The lowest BCUT2D eigenvalue weighted by Crippen LogP contribution is -2.12. The van der Waals surface area contributed by atoms with Crippen molar-refractivity contribution in [3.05, 3.63) is 24.0 Å². The van der Waals surface area contributed by atoms with E-state index in [4.69, 9.17) is 5.73 Å². The zero-order chi connectivity index (χ0) is 11.8. The van der Waals surface area contributed by atoms with E-state index >= 15 is 0 Å². The largest absolute Gasteiger partial charge is 0.396 e. The summed E-state index contributed by atoms with van der Waals surface area (Å²) >= 11 is 1.78. The molecule has 2 aliphatic carbocycles. The van der Waals surface area contributed by atoms with Crippen molar-refractivity contribution in [2.24, 2.45) is 17.8 Å². The van der Waals surface area contributed by atoms with Gasteiger partial charge >= 0.3 is 0 Å². The van der Waals surface area contributed by atoms with Crippen LogP contribution in [0.25, 0.3) is 0 Å². The quantitative estimate of drug-likeness (QED) is 0.650. The molecule has 2 saturated carbocycles. The van der Waals surface area contributed by atoms with Crippen molar-refractivity contribution < 1.29 is 4.39 Å². The zero-order valence-electron chi connectivity index (χ0n) is 9.86. The Kier molecular flexibility index (Phi) is 3.03. The highest BCUT2D eigenvalue weighted by molar-refractivity contribution is 7.99. The standard InChI is InChI=1S/C14H18FNS/c15-13-7-12(3-4-14(13)16)17-8-11-6-9-1-2-10(11)5-9/h3-4,7,9-11H,1-2,5-6,8,16H2. The predicted octanol–water partition coefficient (Wildman–Crippen LogP) is 3.94. The smallest absolute Gasteiger partial charge is 0.147 e. The number of halogens is 1. The van der Waals surface area contributed by atoms with Crippen LogP contribution in [0.2, 0.25) is 0 Å². The highest BCUT2D eigenvalue weighted by Gasteiger charge is 2.39. The molecule has 3 rings (SSSR count). The molecule has 2 bridgehead atoms. The molecule has 2 N–H and O–H groups in total. The summed E-state index contributed by atoms with van der Waals surface area (Å²) in [5, 5.41) is 0. The minimum atomic E-state index is -0.289. The van der Waals surface area contributed by atoms with E-state index in [1.165, 1.54) is 25.7 Å². The molecule has 0 amide bonds. The Morgan fingerprint density at radius 1 is 1.29 bits per heavy atom. The van der Waals surface area contributed by atoms with Crippen molar-refractivity contribution >= 4 is 17.4 Å². The SMILES string of the molecule is Nc1ccc(SCC2CC3CCC2C3)cc1F. The normalized spacial score (nSPS) is 31.0. The van der Waals surface area contributed by atoms with E-state index < -0.39 is 0 Å². The van der Waals surface area contributed by atoms with Gasteiger partial charge in [-0.15, -0.1) is 11.8 Å². The van der Waals surface area contributed by atoms with E-state index in [0.29, 0.717) is 0 Å². The number of anilines is 1. The van der Waals surface area contributed by atoms with Crippen LogP contribution in [0.3, 0.4) is 0 Å². The Hall–Kier alpha value is -0.700. The van der Waals surface area contributed by atoms with Crippen LogP contribution >= 0.6 is 11.8 Å². The number of benzene rings is 1. The molecule has 0 radical (unpaired) electrons. The van der Waals surface area contributed by atoms with Crippen LogP contribution in [0.1, 0.15) is 25.7 Å². The molecule has 0 aromatic heterocycles. The minimum absolute atomic E-state index is 0.245. The molecule has 1 aromatic carbocycles. The molecule has 3 unspecified atom stereocenters.